The first-order chi connectivity index (χ1) is 12.0. The van der Waals surface area contributed by atoms with Crippen molar-refractivity contribution in [2.24, 2.45) is 0 Å². The van der Waals surface area contributed by atoms with Crippen LogP contribution >= 0.6 is 0 Å². The van der Waals surface area contributed by atoms with Crippen LogP contribution in [0, 0.1) is 0 Å². The molecule has 0 saturated carbocycles. The Hall–Kier alpha value is -1.80. The molecular formula is C18H23NO5S. The Kier molecular flexibility index (Phi) is 7.52. The van der Waals surface area contributed by atoms with Crippen LogP contribution in [0.25, 0.3) is 11.1 Å². The normalized spacial score (nSPS) is 11.6. The fourth-order valence-corrected chi connectivity index (χ4v) is 2.66. The van der Waals surface area contributed by atoms with Crippen molar-refractivity contribution in [1.82, 2.24) is 4.98 Å². The first kappa shape index (κ1) is 19.5. The average Bonchev–Trinajstić information content (AvgIpc) is 2.59. The minimum atomic E-state index is -3.37. The minimum Gasteiger partial charge on any atom is -0.359 e. The van der Waals surface area contributed by atoms with Crippen molar-refractivity contribution in [3.8, 4) is 11.1 Å². The van der Waals surface area contributed by atoms with Gasteiger partial charge in [0.1, 0.15) is 6.79 Å². The Morgan fingerprint density at radius 3 is 2.36 bits per heavy atom. The number of nitrogens with zero attached hydrogens (tertiary/aromatic N) is 1. The molecule has 0 spiro atoms. The molecule has 1 heterocycles. The maximum atomic E-state index is 10.9. The summed E-state index contributed by atoms with van der Waals surface area (Å²) in [5.41, 5.74) is 4.09. The highest BCUT2D eigenvalue weighted by Gasteiger charge is 2.03. The summed E-state index contributed by atoms with van der Waals surface area (Å²) in [6.07, 6.45) is 4.15. The van der Waals surface area contributed by atoms with E-state index >= 15 is 0 Å². The van der Waals surface area contributed by atoms with Gasteiger partial charge < -0.3 is 9.47 Å². The number of aromatic nitrogens is 1. The second-order valence-electron chi connectivity index (χ2n) is 5.62. The molecule has 1 aromatic carbocycles. The molecule has 0 bridgehead atoms. The summed E-state index contributed by atoms with van der Waals surface area (Å²) in [5.74, 6) is 0. The van der Waals surface area contributed by atoms with E-state index in [9.17, 15) is 8.42 Å². The van der Waals surface area contributed by atoms with Crippen molar-refractivity contribution >= 4 is 10.1 Å². The van der Waals surface area contributed by atoms with Crippen molar-refractivity contribution < 1.29 is 22.1 Å². The summed E-state index contributed by atoms with van der Waals surface area (Å²) in [6, 6.07) is 12.1. The van der Waals surface area contributed by atoms with Crippen LogP contribution in [0.15, 0.2) is 42.6 Å². The van der Waals surface area contributed by atoms with Crippen molar-refractivity contribution in [1.29, 1.82) is 0 Å². The molecule has 0 radical (unpaired) electrons. The lowest BCUT2D eigenvalue weighted by atomic mass is 10.1. The molecule has 136 valence electrons. The first-order valence-electron chi connectivity index (χ1n) is 7.93. The quantitative estimate of drug-likeness (QED) is 0.366. The van der Waals surface area contributed by atoms with Gasteiger partial charge in [-0.15, -0.1) is 0 Å². The zero-order valence-corrected chi connectivity index (χ0v) is 15.3. The van der Waals surface area contributed by atoms with Gasteiger partial charge in [-0.3, -0.25) is 9.17 Å². The fourth-order valence-electron chi connectivity index (χ4n) is 2.24. The van der Waals surface area contributed by atoms with Gasteiger partial charge in [-0.1, -0.05) is 30.3 Å². The molecular weight excluding hydrogens is 342 g/mol. The van der Waals surface area contributed by atoms with E-state index in [2.05, 4.69) is 4.98 Å². The lowest BCUT2D eigenvalue weighted by Crippen LogP contribution is -2.05. The predicted octanol–water partition coefficient (Wildman–Crippen LogP) is 2.78. The number of aryl methyl sites for hydroxylation is 1. The van der Waals surface area contributed by atoms with Crippen LogP contribution in [-0.2, 0) is 36.8 Å². The van der Waals surface area contributed by atoms with Crippen LogP contribution in [0.5, 0.6) is 0 Å². The van der Waals surface area contributed by atoms with Gasteiger partial charge in [0.15, 0.2) is 0 Å². The highest BCUT2D eigenvalue weighted by Crippen LogP contribution is 2.19. The van der Waals surface area contributed by atoms with E-state index in [-0.39, 0.29) is 13.4 Å². The molecule has 0 N–H and O–H groups in total. The third-order valence-electron chi connectivity index (χ3n) is 3.46. The maximum Gasteiger partial charge on any atom is 0.264 e. The third kappa shape index (κ3) is 7.31. The Morgan fingerprint density at radius 2 is 1.76 bits per heavy atom. The van der Waals surface area contributed by atoms with E-state index in [0.717, 1.165) is 28.6 Å². The number of benzene rings is 1. The maximum absolute atomic E-state index is 10.9. The molecule has 0 atom stereocenters. The highest BCUT2D eigenvalue weighted by atomic mass is 32.2. The van der Waals surface area contributed by atoms with Gasteiger partial charge >= 0.3 is 0 Å². The topological polar surface area (TPSA) is 74.7 Å². The molecule has 6 nitrogen and oxygen atoms in total. The van der Waals surface area contributed by atoms with Gasteiger partial charge in [0.25, 0.3) is 10.1 Å². The zero-order valence-electron chi connectivity index (χ0n) is 14.5. The van der Waals surface area contributed by atoms with Crippen LogP contribution in [-0.4, -0.2) is 40.2 Å². The van der Waals surface area contributed by atoms with E-state index in [4.69, 9.17) is 13.7 Å². The molecule has 0 saturated heterocycles. The molecule has 0 aliphatic heterocycles. The number of hydrogen-bond donors (Lipinski definition) is 0. The number of hydrogen-bond acceptors (Lipinski definition) is 6. The zero-order chi connectivity index (χ0) is 18.1. The van der Waals surface area contributed by atoms with Crippen molar-refractivity contribution in [3.05, 3.63) is 53.9 Å². The molecule has 0 aliphatic carbocycles. The van der Waals surface area contributed by atoms with Gasteiger partial charge in [-0.2, -0.15) is 8.42 Å². The van der Waals surface area contributed by atoms with E-state index in [0.29, 0.717) is 19.4 Å². The monoisotopic (exact) mass is 365 g/mol. The van der Waals surface area contributed by atoms with Crippen molar-refractivity contribution in [3.63, 3.8) is 0 Å². The lowest BCUT2D eigenvalue weighted by Gasteiger charge is -2.06. The number of ether oxygens (including phenoxy) is 2. The van der Waals surface area contributed by atoms with E-state index < -0.39 is 10.1 Å². The van der Waals surface area contributed by atoms with Crippen LogP contribution < -0.4 is 0 Å². The minimum absolute atomic E-state index is 0.175. The number of pyridine rings is 1. The average molecular weight is 365 g/mol. The van der Waals surface area contributed by atoms with Crippen molar-refractivity contribution in [2.45, 2.75) is 19.4 Å². The van der Waals surface area contributed by atoms with Crippen LogP contribution in [0.2, 0.25) is 0 Å². The molecule has 2 rings (SSSR count). The Labute approximate surface area is 148 Å². The lowest BCUT2D eigenvalue weighted by molar-refractivity contribution is -0.0390. The second-order valence-corrected chi connectivity index (χ2v) is 7.26. The van der Waals surface area contributed by atoms with Gasteiger partial charge in [0.05, 0.1) is 19.5 Å². The Balaban J connectivity index is 1.86. The van der Waals surface area contributed by atoms with Crippen LogP contribution in [0.3, 0.4) is 0 Å². The van der Waals surface area contributed by atoms with Crippen LogP contribution in [0.1, 0.15) is 17.7 Å². The highest BCUT2D eigenvalue weighted by molar-refractivity contribution is 7.85. The summed E-state index contributed by atoms with van der Waals surface area (Å²) in [5, 5.41) is 0. The molecule has 7 heteroatoms. The summed E-state index contributed by atoms with van der Waals surface area (Å²) in [7, 11) is -1.77. The summed E-state index contributed by atoms with van der Waals surface area (Å²) < 4.78 is 36.7. The molecule has 0 aliphatic rings. The first-order valence-corrected chi connectivity index (χ1v) is 9.75. The van der Waals surface area contributed by atoms with Gasteiger partial charge in [-0.05, 0) is 30.0 Å². The van der Waals surface area contributed by atoms with E-state index in [1.54, 1.807) is 7.11 Å². The molecule has 0 fully saturated rings. The van der Waals surface area contributed by atoms with E-state index in [1.807, 2.05) is 42.6 Å². The number of rotatable bonds is 10. The summed E-state index contributed by atoms with van der Waals surface area (Å²) in [4.78, 5) is 4.43. The fraction of sp³-hybridized carbons (Fsp3) is 0.389. The molecule has 1 aromatic heterocycles. The molecule has 25 heavy (non-hydrogen) atoms. The molecule has 0 unspecified atom stereocenters. The van der Waals surface area contributed by atoms with Crippen LogP contribution in [0.4, 0.5) is 0 Å². The second kappa shape index (κ2) is 9.62. The largest absolute Gasteiger partial charge is 0.359 e. The third-order valence-corrected chi connectivity index (χ3v) is 4.05. The SMILES string of the molecule is COCOCc1ccc(-c2ccc(CCCOS(C)(=O)=O)nc2)cc1. The summed E-state index contributed by atoms with van der Waals surface area (Å²) >= 11 is 0. The van der Waals surface area contributed by atoms with Crippen molar-refractivity contribution in [2.75, 3.05) is 26.8 Å². The smallest absolute Gasteiger partial charge is 0.264 e. The van der Waals surface area contributed by atoms with Gasteiger partial charge in [0, 0.05) is 24.6 Å². The molecule has 2 aromatic rings. The standard InChI is InChI=1S/C18H23NO5S/c1-22-14-23-13-15-5-7-16(8-6-15)17-9-10-18(19-12-17)4-3-11-24-25(2,20)21/h5-10,12H,3-4,11,13-14H2,1-2H3. The Bertz CT molecular complexity index is 742. The van der Waals surface area contributed by atoms with E-state index in [1.165, 1.54) is 0 Å². The molecule has 0 amide bonds. The predicted molar refractivity (Wildman–Crippen MR) is 95.5 cm³/mol. The Morgan fingerprint density at radius 1 is 1.04 bits per heavy atom. The van der Waals surface area contributed by atoms with Gasteiger partial charge in [-0.25, -0.2) is 0 Å². The summed E-state index contributed by atoms with van der Waals surface area (Å²) in [6.45, 7) is 0.970. The number of methoxy groups -OCH3 is 1. The van der Waals surface area contributed by atoms with Gasteiger partial charge in [0.2, 0.25) is 0 Å².